The number of hydrogen-bond donors (Lipinski definition) is 3. The van der Waals surface area contributed by atoms with Crippen molar-refractivity contribution in [3.8, 4) is 0 Å². The van der Waals surface area contributed by atoms with Crippen molar-refractivity contribution in [3.05, 3.63) is 28.2 Å². The van der Waals surface area contributed by atoms with Crippen LogP contribution in [-0.4, -0.2) is 37.4 Å². The van der Waals surface area contributed by atoms with Crippen LogP contribution in [0.2, 0.25) is 0 Å². The zero-order valence-corrected chi connectivity index (χ0v) is 12.0. The number of ether oxygens (including phenoxy) is 1. The van der Waals surface area contributed by atoms with Crippen LogP contribution in [0.3, 0.4) is 0 Å². The number of anilines is 1. The average Bonchev–Trinajstić information content (AvgIpc) is 2.36. The molecule has 0 saturated carbocycles. The standard InChI is InChI=1S/C12H15BrN2O4/c1-19-6-2-5-14-12(18)15-8-3-4-10(13)9(7-8)11(16)17/h3-4,7H,2,5-6H2,1H3,(H,16,17)(H2,14,15,18). The summed E-state index contributed by atoms with van der Waals surface area (Å²) in [5, 5.41) is 14.2. The first-order valence-corrected chi connectivity index (χ1v) is 6.40. The highest BCUT2D eigenvalue weighted by Gasteiger charge is 2.10. The summed E-state index contributed by atoms with van der Waals surface area (Å²) in [6.45, 7) is 1.06. The molecule has 0 aromatic heterocycles. The molecule has 0 aliphatic heterocycles. The van der Waals surface area contributed by atoms with Crippen LogP contribution in [0.1, 0.15) is 16.8 Å². The lowest BCUT2D eigenvalue weighted by atomic mass is 10.2. The number of methoxy groups -OCH3 is 1. The molecule has 0 bridgehead atoms. The highest BCUT2D eigenvalue weighted by atomic mass is 79.9. The van der Waals surface area contributed by atoms with Gasteiger partial charge in [0.25, 0.3) is 0 Å². The van der Waals surface area contributed by atoms with E-state index in [1.165, 1.54) is 6.07 Å². The largest absolute Gasteiger partial charge is 0.478 e. The van der Waals surface area contributed by atoms with E-state index in [1.54, 1.807) is 19.2 Å². The van der Waals surface area contributed by atoms with Gasteiger partial charge in [-0.05, 0) is 40.5 Å². The number of nitrogens with one attached hydrogen (secondary N) is 2. The molecule has 1 rings (SSSR count). The van der Waals surface area contributed by atoms with Crippen molar-refractivity contribution in [3.63, 3.8) is 0 Å². The SMILES string of the molecule is COCCCNC(=O)Nc1ccc(Br)c(C(=O)O)c1. The molecule has 104 valence electrons. The molecule has 0 radical (unpaired) electrons. The van der Waals surface area contributed by atoms with Crippen molar-refractivity contribution >= 4 is 33.6 Å². The number of hydrogen-bond acceptors (Lipinski definition) is 3. The third kappa shape index (κ3) is 5.27. The van der Waals surface area contributed by atoms with Gasteiger partial charge in [-0.3, -0.25) is 0 Å². The molecular weight excluding hydrogens is 316 g/mol. The van der Waals surface area contributed by atoms with Gasteiger partial charge in [0.1, 0.15) is 0 Å². The number of rotatable bonds is 6. The number of aromatic carboxylic acids is 1. The Morgan fingerprint density at radius 3 is 2.79 bits per heavy atom. The summed E-state index contributed by atoms with van der Waals surface area (Å²) < 4.78 is 5.32. The van der Waals surface area contributed by atoms with Gasteiger partial charge in [-0.2, -0.15) is 0 Å². The third-order valence-electron chi connectivity index (χ3n) is 2.27. The Balaban J connectivity index is 2.55. The monoisotopic (exact) mass is 330 g/mol. The highest BCUT2D eigenvalue weighted by molar-refractivity contribution is 9.10. The Labute approximate surface area is 119 Å². The molecule has 3 N–H and O–H groups in total. The van der Waals surface area contributed by atoms with E-state index in [-0.39, 0.29) is 11.6 Å². The minimum atomic E-state index is -1.06. The maximum Gasteiger partial charge on any atom is 0.336 e. The fraction of sp³-hybridized carbons (Fsp3) is 0.333. The van der Waals surface area contributed by atoms with Crippen molar-refractivity contribution in [1.29, 1.82) is 0 Å². The van der Waals surface area contributed by atoms with E-state index >= 15 is 0 Å². The predicted molar refractivity (Wildman–Crippen MR) is 74.6 cm³/mol. The average molecular weight is 331 g/mol. The second kappa shape index (κ2) is 7.75. The van der Waals surface area contributed by atoms with Crippen LogP contribution < -0.4 is 10.6 Å². The smallest absolute Gasteiger partial charge is 0.336 e. The molecule has 0 spiro atoms. The number of benzene rings is 1. The van der Waals surface area contributed by atoms with Gasteiger partial charge in [0.2, 0.25) is 0 Å². The summed E-state index contributed by atoms with van der Waals surface area (Å²) in [5.74, 6) is -1.06. The maximum absolute atomic E-state index is 11.5. The Morgan fingerprint density at radius 2 is 2.16 bits per heavy atom. The number of carboxylic acids is 1. The second-order valence-electron chi connectivity index (χ2n) is 3.73. The van der Waals surface area contributed by atoms with E-state index in [0.29, 0.717) is 29.7 Å². The van der Waals surface area contributed by atoms with Crippen LogP contribution >= 0.6 is 15.9 Å². The summed E-state index contributed by atoms with van der Waals surface area (Å²) in [6.07, 6.45) is 0.713. The minimum Gasteiger partial charge on any atom is -0.478 e. The first-order valence-electron chi connectivity index (χ1n) is 5.61. The van der Waals surface area contributed by atoms with Crippen LogP contribution in [0, 0.1) is 0 Å². The molecule has 7 heteroatoms. The van der Waals surface area contributed by atoms with E-state index in [9.17, 15) is 9.59 Å². The highest BCUT2D eigenvalue weighted by Crippen LogP contribution is 2.21. The van der Waals surface area contributed by atoms with E-state index < -0.39 is 5.97 Å². The van der Waals surface area contributed by atoms with Crippen LogP contribution in [0.15, 0.2) is 22.7 Å². The maximum atomic E-state index is 11.5. The molecule has 0 atom stereocenters. The van der Waals surface area contributed by atoms with E-state index in [4.69, 9.17) is 9.84 Å². The lowest BCUT2D eigenvalue weighted by Crippen LogP contribution is -2.30. The van der Waals surface area contributed by atoms with Gasteiger partial charge in [0.05, 0.1) is 5.56 Å². The fourth-order valence-electron chi connectivity index (χ4n) is 1.36. The zero-order chi connectivity index (χ0) is 14.3. The molecule has 0 fully saturated rings. The molecule has 1 aromatic carbocycles. The van der Waals surface area contributed by atoms with Gasteiger partial charge in [-0.25, -0.2) is 9.59 Å². The molecule has 0 saturated heterocycles. The van der Waals surface area contributed by atoms with Crippen molar-refractivity contribution in [1.82, 2.24) is 5.32 Å². The Hall–Kier alpha value is -1.60. The summed E-state index contributed by atoms with van der Waals surface area (Å²) in [4.78, 5) is 22.5. The topological polar surface area (TPSA) is 87.7 Å². The zero-order valence-electron chi connectivity index (χ0n) is 10.4. The van der Waals surface area contributed by atoms with Crippen molar-refractivity contribution < 1.29 is 19.4 Å². The van der Waals surface area contributed by atoms with E-state index in [0.717, 1.165) is 0 Å². The molecule has 0 aliphatic rings. The quantitative estimate of drug-likeness (QED) is 0.698. The third-order valence-corrected chi connectivity index (χ3v) is 2.96. The molecule has 6 nitrogen and oxygen atoms in total. The van der Waals surface area contributed by atoms with Crippen molar-refractivity contribution in [2.45, 2.75) is 6.42 Å². The van der Waals surface area contributed by atoms with Crippen LogP contribution in [0.4, 0.5) is 10.5 Å². The summed E-state index contributed by atoms with van der Waals surface area (Å²) in [5.41, 5.74) is 0.516. The lowest BCUT2D eigenvalue weighted by Gasteiger charge is -2.08. The Bertz CT molecular complexity index is 465. The van der Waals surface area contributed by atoms with Crippen LogP contribution in [-0.2, 0) is 4.74 Å². The number of urea groups is 1. The molecule has 1 aromatic rings. The molecular formula is C12H15BrN2O4. The molecule has 0 aliphatic carbocycles. The molecule has 0 unspecified atom stereocenters. The summed E-state index contributed by atoms with van der Waals surface area (Å²) in [6, 6.07) is 4.20. The van der Waals surface area contributed by atoms with Gasteiger partial charge in [-0.1, -0.05) is 0 Å². The lowest BCUT2D eigenvalue weighted by molar-refractivity contribution is 0.0696. The normalized spacial score (nSPS) is 10.0. The molecule has 2 amide bonds. The fourth-order valence-corrected chi connectivity index (χ4v) is 1.78. The van der Waals surface area contributed by atoms with Crippen molar-refractivity contribution in [2.24, 2.45) is 0 Å². The predicted octanol–water partition coefficient (Wildman–Crippen LogP) is 2.31. The van der Waals surface area contributed by atoms with E-state index in [2.05, 4.69) is 26.6 Å². The van der Waals surface area contributed by atoms with Crippen LogP contribution in [0.25, 0.3) is 0 Å². The number of carboxylic acid groups (broad SMARTS) is 1. The van der Waals surface area contributed by atoms with E-state index in [1.807, 2.05) is 0 Å². The molecule has 19 heavy (non-hydrogen) atoms. The van der Waals surface area contributed by atoms with Gasteiger partial charge < -0.3 is 20.5 Å². The van der Waals surface area contributed by atoms with Crippen molar-refractivity contribution in [2.75, 3.05) is 25.6 Å². The number of amides is 2. The van der Waals surface area contributed by atoms with Gasteiger partial charge in [-0.15, -0.1) is 0 Å². The van der Waals surface area contributed by atoms with Gasteiger partial charge in [0, 0.05) is 30.4 Å². The van der Waals surface area contributed by atoms with Gasteiger partial charge in [0.15, 0.2) is 0 Å². The minimum absolute atomic E-state index is 0.0946. The van der Waals surface area contributed by atoms with Crippen LogP contribution in [0.5, 0.6) is 0 Å². The second-order valence-corrected chi connectivity index (χ2v) is 4.58. The summed E-state index contributed by atoms with van der Waals surface area (Å²) in [7, 11) is 1.59. The number of carbonyl (C=O) groups is 2. The first-order chi connectivity index (χ1) is 9.04. The Morgan fingerprint density at radius 1 is 1.42 bits per heavy atom. The first kappa shape index (κ1) is 15.5. The van der Waals surface area contributed by atoms with Gasteiger partial charge >= 0.3 is 12.0 Å². The number of halogens is 1. The molecule has 0 heterocycles. The Kier molecular flexibility index (Phi) is 6.31. The summed E-state index contributed by atoms with van der Waals surface area (Å²) >= 11 is 3.13. The number of carbonyl (C=O) groups excluding carboxylic acids is 1.